The number of rotatable bonds is 4. The lowest BCUT2D eigenvalue weighted by Gasteiger charge is -2.26. The third-order valence-corrected chi connectivity index (χ3v) is 5.63. The van der Waals surface area contributed by atoms with Crippen molar-refractivity contribution in [3.05, 3.63) is 77.3 Å². The molecule has 1 aromatic heterocycles. The zero-order chi connectivity index (χ0) is 20.7. The van der Waals surface area contributed by atoms with Gasteiger partial charge in [-0.1, -0.05) is 24.3 Å². The SMILES string of the molecule is O=C(Nc1cccc(-c2cc3c(o2)CCN(C(=O)C2CC2)C3)c1)c1ccccc1F. The first-order valence-electron chi connectivity index (χ1n) is 10.1. The molecular formula is C24H21FN2O3. The Labute approximate surface area is 173 Å². The van der Waals surface area contributed by atoms with Gasteiger partial charge < -0.3 is 14.6 Å². The van der Waals surface area contributed by atoms with Gasteiger partial charge in [-0.3, -0.25) is 9.59 Å². The maximum atomic E-state index is 13.9. The number of nitrogens with zero attached hydrogens (tertiary/aromatic N) is 1. The van der Waals surface area contributed by atoms with Crippen LogP contribution in [0.25, 0.3) is 11.3 Å². The third kappa shape index (κ3) is 3.61. The molecule has 3 aromatic rings. The van der Waals surface area contributed by atoms with E-state index in [9.17, 15) is 14.0 Å². The highest BCUT2D eigenvalue weighted by atomic mass is 19.1. The minimum atomic E-state index is -0.560. The summed E-state index contributed by atoms with van der Waals surface area (Å²) in [6.07, 6.45) is 2.71. The summed E-state index contributed by atoms with van der Waals surface area (Å²) in [5.74, 6) is 1.01. The summed E-state index contributed by atoms with van der Waals surface area (Å²) in [7, 11) is 0. The molecule has 1 fully saturated rings. The van der Waals surface area contributed by atoms with E-state index >= 15 is 0 Å². The molecule has 5 nitrogen and oxygen atoms in total. The Morgan fingerprint density at radius 3 is 2.70 bits per heavy atom. The van der Waals surface area contributed by atoms with E-state index in [-0.39, 0.29) is 17.4 Å². The Hall–Kier alpha value is -3.41. The van der Waals surface area contributed by atoms with E-state index in [1.165, 1.54) is 12.1 Å². The molecule has 0 saturated heterocycles. The number of amides is 2. The molecule has 0 atom stereocenters. The maximum absolute atomic E-state index is 13.9. The molecule has 0 radical (unpaired) electrons. The van der Waals surface area contributed by atoms with Crippen molar-refractivity contribution >= 4 is 17.5 Å². The van der Waals surface area contributed by atoms with Crippen molar-refractivity contribution in [2.45, 2.75) is 25.8 Å². The standard InChI is InChI=1S/C24H21FN2O3/c25-20-7-2-1-6-19(20)23(28)26-18-5-3-4-16(12-18)22-13-17-14-27(11-10-21(17)30-22)24(29)15-8-9-15/h1-7,12-13,15H,8-11,14H2,(H,26,28). The average molecular weight is 404 g/mol. The van der Waals surface area contributed by atoms with E-state index in [1.54, 1.807) is 24.3 Å². The number of fused-ring (bicyclic) bond motifs is 1. The topological polar surface area (TPSA) is 62.6 Å². The first kappa shape index (κ1) is 18.6. The van der Waals surface area contributed by atoms with Crippen molar-refractivity contribution in [3.8, 4) is 11.3 Å². The number of hydrogen-bond donors (Lipinski definition) is 1. The Morgan fingerprint density at radius 2 is 1.90 bits per heavy atom. The van der Waals surface area contributed by atoms with E-state index in [0.717, 1.165) is 29.7 Å². The highest BCUT2D eigenvalue weighted by Gasteiger charge is 2.35. The predicted molar refractivity (Wildman–Crippen MR) is 110 cm³/mol. The van der Waals surface area contributed by atoms with Crippen LogP contribution in [0.15, 0.2) is 59.0 Å². The molecule has 2 aromatic carbocycles. The van der Waals surface area contributed by atoms with Crippen molar-refractivity contribution in [1.82, 2.24) is 4.90 Å². The minimum Gasteiger partial charge on any atom is -0.461 e. The van der Waals surface area contributed by atoms with Crippen LogP contribution in [0.2, 0.25) is 0 Å². The van der Waals surface area contributed by atoms with Crippen LogP contribution in [-0.2, 0) is 17.8 Å². The molecule has 2 heterocycles. The Kier molecular flexibility index (Phi) is 4.62. The van der Waals surface area contributed by atoms with Gasteiger partial charge in [0.1, 0.15) is 17.3 Å². The van der Waals surface area contributed by atoms with Crippen molar-refractivity contribution < 1.29 is 18.4 Å². The Bertz CT molecular complexity index is 1130. The zero-order valence-corrected chi connectivity index (χ0v) is 16.4. The Balaban J connectivity index is 1.34. The molecule has 0 unspecified atom stereocenters. The summed E-state index contributed by atoms with van der Waals surface area (Å²) in [6.45, 7) is 1.27. The molecule has 1 aliphatic carbocycles. The minimum absolute atomic E-state index is 0.00297. The second kappa shape index (κ2) is 7.44. The van der Waals surface area contributed by atoms with Crippen LogP contribution < -0.4 is 5.32 Å². The van der Waals surface area contributed by atoms with Crippen LogP contribution in [0, 0.1) is 11.7 Å². The number of benzene rings is 2. The fourth-order valence-electron chi connectivity index (χ4n) is 3.85. The monoisotopic (exact) mass is 404 g/mol. The molecule has 0 bridgehead atoms. The lowest BCUT2D eigenvalue weighted by Crippen LogP contribution is -2.36. The molecule has 1 saturated carbocycles. The maximum Gasteiger partial charge on any atom is 0.258 e. The number of furan rings is 1. The van der Waals surface area contributed by atoms with Crippen LogP contribution in [-0.4, -0.2) is 23.3 Å². The fourth-order valence-corrected chi connectivity index (χ4v) is 3.85. The average Bonchev–Trinajstić information content (AvgIpc) is 3.52. The molecule has 0 spiro atoms. The van der Waals surface area contributed by atoms with Gasteiger partial charge in [-0.15, -0.1) is 0 Å². The van der Waals surface area contributed by atoms with Crippen LogP contribution in [0.1, 0.15) is 34.5 Å². The highest BCUT2D eigenvalue weighted by Crippen LogP contribution is 2.35. The molecule has 5 rings (SSSR count). The largest absolute Gasteiger partial charge is 0.461 e. The molecular weight excluding hydrogens is 383 g/mol. The fraction of sp³-hybridized carbons (Fsp3) is 0.250. The van der Waals surface area contributed by atoms with Crippen molar-refractivity contribution in [3.63, 3.8) is 0 Å². The van der Waals surface area contributed by atoms with Gasteiger partial charge in [0, 0.05) is 42.2 Å². The number of nitrogens with one attached hydrogen (secondary N) is 1. The summed E-state index contributed by atoms with van der Waals surface area (Å²) in [5, 5.41) is 2.74. The molecule has 30 heavy (non-hydrogen) atoms. The third-order valence-electron chi connectivity index (χ3n) is 5.63. The van der Waals surface area contributed by atoms with Gasteiger partial charge in [-0.2, -0.15) is 0 Å². The number of carbonyl (C=O) groups is 2. The summed E-state index contributed by atoms with van der Waals surface area (Å²) in [4.78, 5) is 26.7. The second-order valence-corrected chi connectivity index (χ2v) is 7.86. The van der Waals surface area contributed by atoms with E-state index in [4.69, 9.17) is 4.42 Å². The van der Waals surface area contributed by atoms with Gasteiger partial charge >= 0.3 is 0 Å². The first-order valence-corrected chi connectivity index (χ1v) is 10.1. The van der Waals surface area contributed by atoms with Gasteiger partial charge in [-0.05, 0) is 43.2 Å². The van der Waals surface area contributed by atoms with Gasteiger partial charge in [0.2, 0.25) is 5.91 Å². The number of anilines is 1. The predicted octanol–water partition coefficient (Wildman–Crippen LogP) is 4.63. The first-order chi connectivity index (χ1) is 14.6. The van der Waals surface area contributed by atoms with E-state index in [0.29, 0.717) is 31.0 Å². The number of hydrogen-bond acceptors (Lipinski definition) is 3. The molecule has 1 aliphatic heterocycles. The van der Waals surface area contributed by atoms with Gasteiger partial charge in [0.25, 0.3) is 5.91 Å². The lowest BCUT2D eigenvalue weighted by molar-refractivity contribution is -0.133. The van der Waals surface area contributed by atoms with Crippen molar-refractivity contribution in [1.29, 1.82) is 0 Å². The second-order valence-electron chi connectivity index (χ2n) is 7.86. The van der Waals surface area contributed by atoms with Gasteiger partial charge in [0.05, 0.1) is 5.56 Å². The van der Waals surface area contributed by atoms with Crippen LogP contribution in [0.3, 0.4) is 0 Å². The van der Waals surface area contributed by atoms with Crippen LogP contribution in [0.4, 0.5) is 10.1 Å². The summed E-state index contributed by atoms with van der Waals surface area (Å²) in [5.41, 5.74) is 2.40. The Morgan fingerprint density at radius 1 is 1.07 bits per heavy atom. The van der Waals surface area contributed by atoms with E-state index in [1.807, 2.05) is 23.1 Å². The zero-order valence-electron chi connectivity index (χ0n) is 16.4. The molecule has 2 aliphatic rings. The summed E-state index contributed by atoms with van der Waals surface area (Å²) in [6, 6.07) is 15.1. The van der Waals surface area contributed by atoms with Crippen LogP contribution >= 0.6 is 0 Å². The van der Waals surface area contributed by atoms with Crippen molar-refractivity contribution in [2.24, 2.45) is 5.92 Å². The van der Waals surface area contributed by atoms with E-state index in [2.05, 4.69) is 5.32 Å². The normalized spacial score (nSPS) is 15.6. The summed E-state index contributed by atoms with van der Waals surface area (Å²) >= 11 is 0. The van der Waals surface area contributed by atoms with Crippen LogP contribution in [0.5, 0.6) is 0 Å². The highest BCUT2D eigenvalue weighted by molar-refractivity contribution is 6.04. The molecule has 152 valence electrons. The molecule has 1 N–H and O–H groups in total. The quantitative estimate of drug-likeness (QED) is 0.690. The van der Waals surface area contributed by atoms with Gasteiger partial charge in [0.15, 0.2) is 0 Å². The molecule has 2 amide bonds. The van der Waals surface area contributed by atoms with E-state index < -0.39 is 11.7 Å². The summed E-state index contributed by atoms with van der Waals surface area (Å²) < 4.78 is 19.9. The smallest absolute Gasteiger partial charge is 0.258 e. The number of halogens is 1. The van der Waals surface area contributed by atoms with Gasteiger partial charge in [-0.25, -0.2) is 4.39 Å². The molecule has 6 heteroatoms. The number of carbonyl (C=O) groups excluding carboxylic acids is 2. The lowest BCUT2D eigenvalue weighted by atomic mass is 10.1. The van der Waals surface area contributed by atoms with Crippen molar-refractivity contribution in [2.75, 3.05) is 11.9 Å².